The van der Waals surface area contributed by atoms with E-state index in [1.54, 1.807) is 0 Å². The summed E-state index contributed by atoms with van der Waals surface area (Å²) in [5, 5.41) is 3.13. The Bertz CT molecular complexity index is 173. The zero-order chi connectivity index (χ0) is 9.84. The highest BCUT2D eigenvalue weighted by Gasteiger charge is 2.30. The van der Waals surface area contributed by atoms with E-state index in [4.69, 9.17) is 0 Å². The lowest BCUT2D eigenvalue weighted by atomic mass is 10.1. The average molecular weight is 182 g/mol. The van der Waals surface area contributed by atoms with Gasteiger partial charge < -0.3 is 5.32 Å². The summed E-state index contributed by atoms with van der Waals surface area (Å²) in [5.74, 6) is 0.951. The highest BCUT2D eigenvalue weighted by molar-refractivity contribution is 5.00. The second kappa shape index (κ2) is 4.77. The van der Waals surface area contributed by atoms with Gasteiger partial charge in [-0.15, -0.1) is 0 Å². The van der Waals surface area contributed by atoms with Crippen LogP contribution in [-0.4, -0.2) is 38.1 Å². The maximum atomic E-state index is 4.04. The minimum absolute atomic E-state index is 0.730. The Kier molecular flexibility index (Phi) is 3.94. The second-order valence-electron chi connectivity index (χ2n) is 4.27. The lowest BCUT2D eigenvalue weighted by molar-refractivity contribution is 0.252. The Morgan fingerprint density at radius 3 is 2.69 bits per heavy atom. The SMILES string of the molecule is C=C(CNC)CN(C)C(C)C1CC1. The van der Waals surface area contributed by atoms with Gasteiger partial charge in [-0.2, -0.15) is 0 Å². The van der Waals surface area contributed by atoms with Crippen LogP contribution in [0.3, 0.4) is 0 Å². The molecule has 1 aliphatic carbocycles. The number of likely N-dealkylation sites (N-methyl/N-ethyl adjacent to an activating group) is 2. The Balaban J connectivity index is 2.22. The van der Waals surface area contributed by atoms with Crippen molar-refractivity contribution in [2.24, 2.45) is 5.92 Å². The van der Waals surface area contributed by atoms with Crippen LogP contribution >= 0.6 is 0 Å². The summed E-state index contributed by atoms with van der Waals surface area (Å²) < 4.78 is 0. The maximum Gasteiger partial charge on any atom is 0.0202 e. The fourth-order valence-corrected chi connectivity index (χ4v) is 1.74. The Morgan fingerprint density at radius 1 is 1.62 bits per heavy atom. The molecule has 1 atom stereocenters. The van der Waals surface area contributed by atoms with Crippen molar-refractivity contribution in [3.8, 4) is 0 Å². The van der Waals surface area contributed by atoms with Crippen molar-refractivity contribution in [2.75, 3.05) is 27.2 Å². The molecule has 1 unspecified atom stereocenters. The molecule has 1 rings (SSSR count). The van der Waals surface area contributed by atoms with Crippen molar-refractivity contribution in [1.29, 1.82) is 0 Å². The third-order valence-corrected chi connectivity index (χ3v) is 2.90. The largest absolute Gasteiger partial charge is 0.316 e. The molecule has 0 spiro atoms. The minimum atomic E-state index is 0.730. The van der Waals surface area contributed by atoms with Gasteiger partial charge in [-0.1, -0.05) is 6.58 Å². The van der Waals surface area contributed by atoms with Crippen LogP contribution in [-0.2, 0) is 0 Å². The predicted molar refractivity (Wildman–Crippen MR) is 57.9 cm³/mol. The Labute approximate surface area is 82.0 Å². The van der Waals surface area contributed by atoms with E-state index in [0.717, 1.165) is 25.0 Å². The van der Waals surface area contributed by atoms with Gasteiger partial charge in [-0.25, -0.2) is 0 Å². The molecule has 0 radical (unpaired) electrons. The smallest absolute Gasteiger partial charge is 0.0202 e. The first-order chi connectivity index (χ1) is 6.15. The van der Waals surface area contributed by atoms with E-state index in [1.165, 1.54) is 18.4 Å². The summed E-state index contributed by atoms with van der Waals surface area (Å²) in [4.78, 5) is 2.41. The number of hydrogen-bond donors (Lipinski definition) is 1. The molecule has 0 heterocycles. The standard InChI is InChI=1S/C11H22N2/c1-9(7-12-3)8-13(4)10(2)11-5-6-11/h10-12H,1,5-8H2,2-4H3. The van der Waals surface area contributed by atoms with Gasteiger partial charge in [-0.05, 0) is 45.4 Å². The first-order valence-corrected chi connectivity index (χ1v) is 5.16. The molecule has 13 heavy (non-hydrogen) atoms. The van der Waals surface area contributed by atoms with Gasteiger partial charge in [0.15, 0.2) is 0 Å². The van der Waals surface area contributed by atoms with Crippen LogP contribution in [0.4, 0.5) is 0 Å². The van der Waals surface area contributed by atoms with Crippen LogP contribution < -0.4 is 5.32 Å². The first-order valence-electron chi connectivity index (χ1n) is 5.16. The lowest BCUT2D eigenvalue weighted by Gasteiger charge is -2.25. The summed E-state index contributed by atoms with van der Waals surface area (Å²) >= 11 is 0. The average Bonchev–Trinajstić information content (AvgIpc) is 2.85. The molecular weight excluding hydrogens is 160 g/mol. The van der Waals surface area contributed by atoms with Gasteiger partial charge in [0.05, 0.1) is 0 Å². The van der Waals surface area contributed by atoms with Crippen molar-refractivity contribution < 1.29 is 0 Å². The molecule has 0 amide bonds. The normalized spacial score (nSPS) is 19.1. The highest BCUT2D eigenvalue weighted by atomic mass is 15.1. The van der Waals surface area contributed by atoms with Crippen LogP contribution in [0.5, 0.6) is 0 Å². The van der Waals surface area contributed by atoms with Gasteiger partial charge in [0.25, 0.3) is 0 Å². The van der Waals surface area contributed by atoms with Gasteiger partial charge in [0.2, 0.25) is 0 Å². The van der Waals surface area contributed by atoms with E-state index in [2.05, 4.69) is 30.8 Å². The summed E-state index contributed by atoms with van der Waals surface area (Å²) in [5.41, 5.74) is 1.28. The summed E-state index contributed by atoms with van der Waals surface area (Å²) in [6.45, 7) is 8.32. The number of hydrogen-bond acceptors (Lipinski definition) is 2. The van der Waals surface area contributed by atoms with Crippen LogP contribution in [0.25, 0.3) is 0 Å². The molecule has 0 aromatic carbocycles. The van der Waals surface area contributed by atoms with Crippen LogP contribution in [0.15, 0.2) is 12.2 Å². The Morgan fingerprint density at radius 2 is 2.23 bits per heavy atom. The zero-order valence-electron chi connectivity index (χ0n) is 9.14. The van der Waals surface area contributed by atoms with Gasteiger partial charge >= 0.3 is 0 Å². The van der Waals surface area contributed by atoms with Crippen molar-refractivity contribution >= 4 is 0 Å². The monoisotopic (exact) mass is 182 g/mol. The predicted octanol–water partition coefficient (Wildman–Crippen LogP) is 1.49. The third kappa shape index (κ3) is 3.49. The summed E-state index contributed by atoms with van der Waals surface area (Å²) in [6.07, 6.45) is 2.84. The molecule has 2 heteroatoms. The van der Waals surface area contributed by atoms with Crippen molar-refractivity contribution in [2.45, 2.75) is 25.8 Å². The first kappa shape index (κ1) is 10.7. The highest BCUT2D eigenvalue weighted by Crippen LogP contribution is 2.34. The molecule has 0 bridgehead atoms. The second-order valence-corrected chi connectivity index (χ2v) is 4.27. The zero-order valence-corrected chi connectivity index (χ0v) is 9.14. The molecular formula is C11H22N2. The van der Waals surface area contributed by atoms with Crippen molar-refractivity contribution in [3.63, 3.8) is 0 Å². The van der Waals surface area contributed by atoms with E-state index < -0.39 is 0 Å². The third-order valence-electron chi connectivity index (χ3n) is 2.90. The van der Waals surface area contributed by atoms with Crippen LogP contribution in [0, 0.1) is 5.92 Å². The molecule has 1 saturated carbocycles. The van der Waals surface area contributed by atoms with Gasteiger partial charge in [-0.3, -0.25) is 4.90 Å². The fraction of sp³-hybridized carbons (Fsp3) is 0.818. The molecule has 1 N–H and O–H groups in total. The lowest BCUT2D eigenvalue weighted by Crippen LogP contribution is -2.33. The van der Waals surface area contributed by atoms with E-state index in [0.29, 0.717) is 0 Å². The van der Waals surface area contributed by atoms with Crippen molar-refractivity contribution in [1.82, 2.24) is 10.2 Å². The van der Waals surface area contributed by atoms with Crippen molar-refractivity contribution in [3.05, 3.63) is 12.2 Å². The van der Waals surface area contributed by atoms with Gasteiger partial charge in [0.1, 0.15) is 0 Å². The molecule has 1 aliphatic rings. The quantitative estimate of drug-likeness (QED) is 0.626. The van der Waals surface area contributed by atoms with E-state index in [-0.39, 0.29) is 0 Å². The molecule has 76 valence electrons. The molecule has 0 aliphatic heterocycles. The van der Waals surface area contributed by atoms with E-state index in [9.17, 15) is 0 Å². The van der Waals surface area contributed by atoms with E-state index >= 15 is 0 Å². The summed E-state index contributed by atoms with van der Waals surface area (Å²) in [7, 11) is 4.17. The Hall–Kier alpha value is -0.340. The van der Waals surface area contributed by atoms with Crippen LogP contribution in [0.2, 0.25) is 0 Å². The minimum Gasteiger partial charge on any atom is -0.316 e. The fourth-order valence-electron chi connectivity index (χ4n) is 1.74. The van der Waals surface area contributed by atoms with Gasteiger partial charge in [0, 0.05) is 19.1 Å². The molecule has 0 aromatic heterocycles. The van der Waals surface area contributed by atoms with Crippen LogP contribution in [0.1, 0.15) is 19.8 Å². The van der Waals surface area contributed by atoms with E-state index in [1.807, 2.05) is 7.05 Å². The topological polar surface area (TPSA) is 15.3 Å². The molecule has 2 nitrogen and oxygen atoms in total. The summed E-state index contributed by atoms with van der Waals surface area (Å²) in [6, 6.07) is 0.730. The molecule has 1 fully saturated rings. The number of rotatable bonds is 6. The number of nitrogens with zero attached hydrogens (tertiary/aromatic N) is 1. The number of nitrogens with one attached hydrogen (secondary N) is 1. The molecule has 0 saturated heterocycles. The molecule has 0 aromatic rings. The maximum absolute atomic E-state index is 4.04.